The minimum absolute atomic E-state index is 0. The van der Waals surface area contributed by atoms with E-state index in [1.54, 1.807) is 28.7 Å². The van der Waals surface area contributed by atoms with Crippen LogP contribution in [0, 0.1) is 13.8 Å². The standard InChI is InChI=1S/C27H41N7O5.ClH/c1-18(2)28-11-14-34(17-25(36)32(5)22-9-12-33(13-10-22)27(37)38-6)24(35)16-29-23-15-21(8-7-19(23)3)26-30-20(4)39-31-26;/h7-8,15,18,22,28-29H,9-14,16-17H2,1-6H3;1H. The van der Waals surface area contributed by atoms with Crippen molar-refractivity contribution in [2.75, 3.05) is 58.7 Å². The van der Waals surface area contributed by atoms with Gasteiger partial charge >= 0.3 is 6.09 Å². The summed E-state index contributed by atoms with van der Waals surface area (Å²) in [6.45, 7) is 9.80. The predicted molar refractivity (Wildman–Crippen MR) is 154 cm³/mol. The molecule has 2 heterocycles. The number of hydrogen-bond donors (Lipinski definition) is 2. The lowest BCUT2D eigenvalue weighted by Crippen LogP contribution is -2.51. The Hall–Kier alpha value is -3.38. The highest BCUT2D eigenvalue weighted by Gasteiger charge is 2.29. The van der Waals surface area contributed by atoms with E-state index in [0.717, 1.165) is 16.8 Å². The van der Waals surface area contributed by atoms with Crippen LogP contribution in [0.2, 0.25) is 0 Å². The quantitative estimate of drug-likeness (QED) is 0.412. The van der Waals surface area contributed by atoms with E-state index < -0.39 is 0 Å². The van der Waals surface area contributed by atoms with E-state index in [4.69, 9.17) is 9.26 Å². The Kier molecular flexibility index (Phi) is 12.7. The van der Waals surface area contributed by atoms with Crippen LogP contribution >= 0.6 is 12.4 Å². The fraction of sp³-hybridized carbons (Fsp3) is 0.593. The van der Waals surface area contributed by atoms with Crippen LogP contribution in [0.5, 0.6) is 0 Å². The third-order valence-corrected chi connectivity index (χ3v) is 6.90. The first-order chi connectivity index (χ1) is 18.6. The van der Waals surface area contributed by atoms with Crippen molar-refractivity contribution in [2.24, 2.45) is 0 Å². The van der Waals surface area contributed by atoms with E-state index in [1.807, 2.05) is 39.0 Å². The second-order valence-electron chi connectivity index (χ2n) is 10.1. The van der Waals surface area contributed by atoms with E-state index in [2.05, 4.69) is 20.8 Å². The second-order valence-corrected chi connectivity index (χ2v) is 10.1. The van der Waals surface area contributed by atoms with Crippen LogP contribution in [0.25, 0.3) is 11.4 Å². The van der Waals surface area contributed by atoms with Gasteiger partial charge in [0.15, 0.2) is 0 Å². The molecule has 0 spiro atoms. The van der Waals surface area contributed by atoms with Gasteiger partial charge < -0.3 is 34.6 Å². The van der Waals surface area contributed by atoms with Crippen LogP contribution in [0.1, 0.15) is 38.1 Å². The molecule has 222 valence electrons. The summed E-state index contributed by atoms with van der Waals surface area (Å²) in [5.41, 5.74) is 2.53. The van der Waals surface area contributed by atoms with Gasteiger partial charge in [0.25, 0.3) is 0 Å². The summed E-state index contributed by atoms with van der Waals surface area (Å²) < 4.78 is 9.89. The largest absolute Gasteiger partial charge is 0.453 e. The van der Waals surface area contributed by atoms with Crippen molar-refractivity contribution in [3.63, 3.8) is 0 Å². The van der Waals surface area contributed by atoms with E-state index in [1.165, 1.54) is 7.11 Å². The molecule has 1 aliphatic rings. The molecule has 0 saturated carbocycles. The number of rotatable bonds is 11. The molecule has 1 aliphatic heterocycles. The maximum Gasteiger partial charge on any atom is 0.409 e. The van der Waals surface area contributed by atoms with Crippen LogP contribution in [-0.4, -0.2) is 108 Å². The molecule has 0 atom stereocenters. The van der Waals surface area contributed by atoms with Gasteiger partial charge in [0, 0.05) is 63.5 Å². The maximum atomic E-state index is 13.3. The molecule has 2 N–H and O–H groups in total. The number of nitrogens with zero attached hydrogens (tertiary/aromatic N) is 5. The number of piperidine rings is 1. The number of carbonyl (C=O) groups is 3. The zero-order valence-electron chi connectivity index (χ0n) is 24.2. The molecule has 0 aliphatic carbocycles. The molecule has 40 heavy (non-hydrogen) atoms. The minimum Gasteiger partial charge on any atom is -0.453 e. The van der Waals surface area contributed by atoms with Gasteiger partial charge in [-0.15, -0.1) is 12.4 Å². The molecular weight excluding hydrogens is 538 g/mol. The Labute approximate surface area is 242 Å². The van der Waals surface area contributed by atoms with Gasteiger partial charge in [0.05, 0.1) is 20.2 Å². The molecule has 1 fully saturated rings. The van der Waals surface area contributed by atoms with E-state index in [-0.39, 0.29) is 55.5 Å². The minimum atomic E-state index is -0.350. The second kappa shape index (κ2) is 15.4. The molecule has 13 heteroatoms. The van der Waals surface area contributed by atoms with Crippen molar-refractivity contribution in [2.45, 2.75) is 52.6 Å². The third kappa shape index (κ3) is 9.09. The van der Waals surface area contributed by atoms with Crippen LogP contribution in [0.4, 0.5) is 10.5 Å². The topological polar surface area (TPSA) is 133 Å². The van der Waals surface area contributed by atoms with Crippen molar-refractivity contribution in [3.05, 3.63) is 29.7 Å². The van der Waals surface area contributed by atoms with Crippen molar-refractivity contribution in [1.29, 1.82) is 0 Å². The molecule has 0 radical (unpaired) electrons. The fourth-order valence-corrected chi connectivity index (χ4v) is 4.47. The van der Waals surface area contributed by atoms with E-state index in [0.29, 0.717) is 50.7 Å². The van der Waals surface area contributed by atoms with Gasteiger partial charge in [-0.1, -0.05) is 31.1 Å². The van der Waals surface area contributed by atoms with Crippen LogP contribution in [0.3, 0.4) is 0 Å². The number of hydrogen-bond acceptors (Lipinski definition) is 9. The summed E-state index contributed by atoms with van der Waals surface area (Å²) in [7, 11) is 3.13. The number of halogens is 1. The summed E-state index contributed by atoms with van der Waals surface area (Å²) in [5.74, 6) is 0.650. The maximum absolute atomic E-state index is 13.3. The van der Waals surface area contributed by atoms with Crippen LogP contribution in [-0.2, 0) is 14.3 Å². The first-order valence-electron chi connectivity index (χ1n) is 13.3. The van der Waals surface area contributed by atoms with Crippen molar-refractivity contribution in [1.82, 2.24) is 30.2 Å². The first-order valence-corrected chi connectivity index (χ1v) is 13.3. The van der Waals surface area contributed by atoms with Crippen molar-refractivity contribution < 1.29 is 23.6 Å². The third-order valence-electron chi connectivity index (χ3n) is 6.90. The zero-order valence-corrected chi connectivity index (χ0v) is 25.0. The number of ether oxygens (including phenoxy) is 1. The molecule has 3 rings (SSSR count). The highest BCUT2D eigenvalue weighted by molar-refractivity contribution is 5.87. The lowest BCUT2D eigenvalue weighted by molar-refractivity contribution is -0.140. The first kappa shape index (κ1) is 32.8. The monoisotopic (exact) mass is 579 g/mol. The Morgan fingerprint density at radius 1 is 1.18 bits per heavy atom. The van der Waals surface area contributed by atoms with Crippen molar-refractivity contribution >= 4 is 36.0 Å². The van der Waals surface area contributed by atoms with E-state index in [9.17, 15) is 14.4 Å². The lowest BCUT2D eigenvalue weighted by Gasteiger charge is -2.37. The lowest BCUT2D eigenvalue weighted by atomic mass is 10.0. The molecule has 2 aromatic rings. The molecule has 1 aromatic carbocycles. The molecule has 12 nitrogen and oxygen atoms in total. The Morgan fingerprint density at radius 3 is 2.48 bits per heavy atom. The zero-order chi connectivity index (χ0) is 28.5. The fourth-order valence-electron chi connectivity index (χ4n) is 4.47. The van der Waals surface area contributed by atoms with Crippen LogP contribution < -0.4 is 10.6 Å². The average molecular weight is 580 g/mol. The van der Waals surface area contributed by atoms with Crippen molar-refractivity contribution in [3.8, 4) is 11.4 Å². The summed E-state index contributed by atoms with van der Waals surface area (Å²) >= 11 is 0. The number of likely N-dealkylation sites (N-methyl/N-ethyl adjacent to an activating group) is 1. The highest BCUT2D eigenvalue weighted by Crippen LogP contribution is 2.23. The summed E-state index contributed by atoms with van der Waals surface area (Å²) in [6.07, 6.45) is 0.978. The number of aryl methyl sites for hydroxylation is 2. The molecule has 0 unspecified atom stereocenters. The van der Waals surface area contributed by atoms with Gasteiger partial charge in [-0.2, -0.15) is 4.98 Å². The smallest absolute Gasteiger partial charge is 0.409 e. The summed E-state index contributed by atoms with van der Waals surface area (Å²) in [6, 6.07) is 5.99. The number of anilines is 1. The molecule has 1 saturated heterocycles. The number of aromatic nitrogens is 2. The Balaban J connectivity index is 0.00000560. The number of nitrogens with one attached hydrogen (secondary N) is 2. The molecular formula is C27H42ClN7O5. The molecule has 1 aromatic heterocycles. The summed E-state index contributed by atoms with van der Waals surface area (Å²) in [4.78, 5) is 47.5. The predicted octanol–water partition coefficient (Wildman–Crippen LogP) is 2.70. The SMILES string of the molecule is COC(=O)N1CCC(N(C)C(=O)CN(CCNC(C)C)C(=O)CNc2cc(-c3noc(C)n3)ccc2C)CC1.Cl. The number of likely N-dealkylation sites (tertiary alicyclic amines) is 1. The number of carbonyl (C=O) groups excluding carboxylic acids is 3. The number of benzene rings is 1. The van der Waals surface area contributed by atoms with Gasteiger partial charge in [-0.3, -0.25) is 9.59 Å². The average Bonchev–Trinajstić information content (AvgIpc) is 3.36. The molecule has 3 amide bonds. The normalized spacial score (nSPS) is 13.5. The number of amides is 3. The highest BCUT2D eigenvalue weighted by atomic mass is 35.5. The van der Waals surface area contributed by atoms with Gasteiger partial charge in [-0.25, -0.2) is 4.79 Å². The van der Waals surface area contributed by atoms with Gasteiger partial charge in [-0.05, 0) is 31.4 Å². The Morgan fingerprint density at radius 2 is 1.88 bits per heavy atom. The molecule has 0 bridgehead atoms. The van der Waals surface area contributed by atoms with Crippen LogP contribution in [0.15, 0.2) is 22.7 Å². The number of methoxy groups -OCH3 is 1. The van der Waals surface area contributed by atoms with E-state index >= 15 is 0 Å². The van der Waals surface area contributed by atoms with Gasteiger partial charge in [0.1, 0.15) is 0 Å². The Bertz CT molecular complexity index is 1130. The van der Waals surface area contributed by atoms with Gasteiger partial charge in [0.2, 0.25) is 23.5 Å². The summed E-state index contributed by atoms with van der Waals surface area (Å²) in [5, 5.41) is 10.5.